The summed E-state index contributed by atoms with van der Waals surface area (Å²) < 4.78 is 19.2. The van der Waals surface area contributed by atoms with Crippen molar-refractivity contribution in [1.29, 1.82) is 0 Å². The maximum Gasteiger partial charge on any atom is 0.354 e. The van der Waals surface area contributed by atoms with Crippen molar-refractivity contribution >= 4 is 34.6 Å². The van der Waals surface area contributed by atoms with Crippen LogP contribution in [0.1, 0.15) is 10.5 Å². The van der Waals surface area contributed by atoms with Gasteiger partial charge in [0.25, 0.3) is 0 Å². The van der Waals surface area contributed by atoms with Crippen LogP contribution in [0.25, 0.3) is 22.3 Å². The van der Waals surface area contributed by atoms with E-state index in [0.29, 0.717) is 32.3 Å². The Balaban J connectivity index is 2.01. The highest BCUT2D eigenvalue weighted by Gasteiger charge is 2.21. The van der Waals surface area contributed by atoms with Crippen LogP contribution in [0.15, 0.2) is 24.3 Å². The molecule has 0 bridgehead atoms. The van der Waals surface area contributed by atoms with Crippen molar-refractivity contribution in [3.8, 4) is 17.0 Å². The number of aromatic hydroxyl groups is 1. The number of rotatable bonds is 3. The number of benzene rings is 1. The molecule has 3 aromatic rings. The lowest BCUT2D eigenvalue weighted by Gasteiger charge is -2.27. The van der Waals surface area contributed by atoms with E-state index in [2.05, 4.69) is 15.0 Å². The topological polar surface area (TPSA) is 109 Å². The summed E-state index contributed by atoms with van der Waals surface area (Å²) in [6.45, 7) is 2.11. The van der Waals surface area contributed by atoms with Gasteiger partial charge in [-0.1, -0.05) is 11.6 Å². The van der Waals surface area contributed by atoms with Crippen LogP contribution < -0.4 is 4.90 Å². The number of nitrogens with zero attached hydrogens (tertiary/aromatic N) is 4. The van der Waals surface area contributed by atoms with E-state index in [1.807, 2.05) is 4.90 Å². The van der Waals surface area contributed by atoms with Gasteiger partial charge in [-0.3, -0.25) is 0 Å². The smallest absolute Gasteiger partial charge is 0.354 e. The van der Waals surface area contributed by atoms with Gasteiger partial charge in [-0.25, -0.2) is 24.1 Å². The van der Waals surface area contributed by atoms with E-state index in [1.54, 1.807) is 0 Å². The molecule has 1 fully saturated rings. The predicted molar refractivity (Wildman–Crippen MR) is 99.4 cm³/mol. The first-order valence-corrected chi connectivity index (χ1v) is 8.74. The highest BCUT2D eigenvalue weighted by molar-refractivity contribution is 6.35. The summed E-state index contributed by atoms with van der Waals surface area (Å²) in [5, 5.41) is 19.2. The number of carbonyl (C=O) groups is 1. The molecule has 2 N–H and O–H groups in total. The highest BCUT2D eigenvalue weighted by Crippen LogP contribution is 2.33. The maximum atomic E-state index is 13.9. The fourth-order valence-corrected chi connectivity index (χ4v) is 3.22. The molecule has 4 rings (SSSR count). The van der Waals surface area contributed by atoms with Crippen molar-refractivity contribution in [2.75, 3.05) is 31.2 Å². The van der Waals surface area contributed by atoms with Gasteiger partial charge < -0.3 is 19.8 Å². The molecular formula is C18H14ClFN4O4. The van der Waals surface area contributed by atoms with Gasteiger partial charge in [0.2, 0.25) is 5.95 Å². The molecule has 144 valence electrons. The Morgan fingerprint density at radius 1 is 1.11 bits per heavy atom. The molecule has 0 radical (unpaired) electrons. The lowest BCUT2D eigenvalue weighted by atomic mass is 10.1. The van der Waals surface area contributed by atoms with Gasteiger partial charge in [-0.15, -0.1) is 0 Å². The second-order valence-electron chi connectivity index (χ2n) is 6.16. The van der Waals surface area contributed by atoms with E-state index in [1.165, 1.54) is 18.2 Å². The molecule has 10 heteroatoms. The van der Waals surface area contributed by atoms with Crippen LogP contribution in [0.4, 0.5) is 10.3 Å². The lowest BCUT2D eigenvalue weighted by Crippen LogP contribution is -2.37. The van der Waals surface area contributed by atoms with Gasteiger partial charge in [0, 0.05) is 24.7 Å². The number of ether oxygens (including phenoxy) is 1. The van der Waals surface area contributed by atoms with Crippen molar-refractivity contribution in [2.45, 2.75) is 0 Å². The van der Waals surface area contributed by atoms with Crippen LogP contribution in [0.2, 0.25) is 5.02 Å². The molecule has 0 spiro atoms. The average Bonchev–Trinajstić information content (AvgIpc) is 2.67. The number of aromatic nitrogens is 3. The molecule has 28 heavy (non-hydrogen) atoms. The number of fused-ring (bicyclic) bond motifs is 1. The number of morpholine rings is 1. The summed E-state index contributed by atoms with van der Waals surface area (Å²) >= 11 is 6.28. The van der Waals surface area contributed by atoms with Gasteiger partial charge in [0.15, 0.2) is 5.69 Å². The summed E-state index contributed by atoms with van der Waals surface area (Å²) in [5.41, 5.74) is 0.452. The molecule has 1 aliphatic rings. The first kappa shape index (κ1) is 18.3. The van der Waals surface area contributed by atoms with E-state index in [0.717, 1.165) is 6.07 Å². The number of hydrogen-bond donors (Lipinski definition) is 2. The summed E-state index contributed by atoms with van der Waals surface area (Å²) in [6, 6.07) is 4.65. The Bertz CT molecular complexity index is 1070. The molecule has 0 saturated carbocycles. The largest absolute Gasteiger partial charge is 0.508 e. The third kappa shape index (κ3) is 3.41. The van der Waals surface area contributed by atoms with Gasteiger partial charge in [-0.05, 0) is 18.2 Å². The zero-order valence-corrected chi connectivity index (χ0v) is 15.1. The summed E-state index contributed by atoms with van der Waals surface area (Å²) in [6.07, 6.45) is 0. The quantitative estimate of drug-likeness (QED) is 0.686. The third-order valence-electron chi connectivity index (χ3n) is 4.26. The normalized spacial score (nSPS) is 14.4. The number of carboxylic acids is 1. The maximum absolute atomic E-state index is 13.9. The van der Waals surface area contributed by atoms with Crippen LogP contribution in [0.3, 0.4) is 0 Å². The molecule has 3 heterocycles. The van der Waals surface area contributed by atoms with Crippen molar-refractivity contribution in [2.24, 2.45) is 0 Å². The van der Waals surface area contributed by atoms with Crippen LogP contribution in [0, 0.1) is 5.82 Å². The van der Waals surface area contributed by atoms with E-state index in [4.69, 9.17) is 16.3 Å². The van der Waals surface area contributed by atoms with E-state index < -0.39 is 11.8 Å². The van der Waals surface area contributed by atoms with Crippen LogP contribution >= 0.6 is 11.6 Å². The number of carboxylic acid groups (broad SMARTS) is 1. The number of pyridine rings is 1. The zero-order valence-electron chi connectivity index (χ0n) is 14.4. The Kier molecular flexibility index (Phi) is 4.70. The number of halogens is 2. The Morgan fingerprint density at radius 3 is 2.54 bits per heavy atom. The van der Waals surface area contributed by atoms with Crippen LogP contribution in [-0.4, -0.2) is 57.4 Å². The molecule has 2 aromatic heterocycles. The SMILES string of the molecule is O=C(O)c1cc(Cl)c2nc(N3CCOCC3)nc(-c3cc(O)cc(F)c3)c2n1. The van der Waals surface area contributed by atoms with Crippen molar-refractivity contribution in [3.05, 3.63) is 40.8 Å². The molecule has 0 amide bonds. The first-order valence-electron chi connectivity index (χ1n) is 8.36. The van der Waals surface area contributed by atoms with Crippen molar-refractivity contribution in [3.63, 3.8) is 0 Å². The van der Waals surface area contributed by atoms with E-state index in [-0.39, 0.29) is 38.8 Å². The van der Waals surface area contributed by atoms with E-state index >= 15 is 0 Å². The fraction of sp³-hybridized carbons (Fsp3) is 0.222. The van der Waals surface area contributed by atoms with Crippen LogP contribution in [-0.2, 0) is 4.74 Å². The first-order chi connectivity index (χ1) is 13.4. The molecular weight excluding hydrogens is 391 g/mol. The molecule has 0 atom stereocenters. The minimum atomic E-state index is -1.27. The van der Waals surface area contributed by atoms with E-state index in [9.17, 15) is 19.4 Å². The Labute approximate surface area is 163 Å². The molecule has 1 aromatic carbocycles. The molecule has 8 nitrogen and oxygen atoms in total. The summed E-state index contributed by atoms with van der Waals surface area (Å²) in [5.74, 6) is -1.90. The lowest BCUT2D eigenvalue weighted by molar-refractivity contribution is 0.0691. The molecule has 1 saturated heterocycles. The molecule has 0 unspecified atom stereocenters. The number of anilines is 1. The standard InChI is InChI=1S/C18H14ClFN4O4/c19-12-8-13(17(26)27)21-16-14(9-5-10(20)7-11(25)6-9)22-18(23-15(12)16)24-1-3-28-4-2-24/h5-8,25H,1-4H2,(H,26,27). The summed E-state index contributed by atoms with van der Waals surface area (Å²) in [4.78, 5) is 26.3. The highest BCUT2D eigenvalue weighted by atomic mass is 35.5. The minimum absolute atomic E-state index is 0.0844. The monoisotopic (exact) mass is 404 g/mol. The minimum Gasteiger partial charge on any atom is -0.508 e. The third-order valence-corrected chi connectivity index (χ3v) is 4.55. The second-order valence-corrected chi connectivity index (χ2v) is 6.57. The predicted octanol–water partition coefficient (Wildman–Crippen LogP) is 2.72. The van der Waals surface area contributed by atoms with Crippen molar-refractivity contribution in [1.82, 2.24) is 15.0 Å². The average molecular weight is 405 g/mol. The summed E-state index contributed by atoms with van der Waals surface area (Å²) in [7, 11) is 0. The number of aromatic carboxylic acids is 1. The Morgan fingerprint density at radius 2 is 1.86 bits per heavy atom. The fourth-order valence-electron chi connectivity index (χ4n) is 2.98. The van der Waals surface area contributed by atoms with Crippen LogP contribution in [0.5, 0.6) is 5.75 Å². The second kappa shape index (κ2) is 7.17. The molecule has 0 aliphatic carbocycles. The van der Waals surface area contributed by atoms with Gasteiger partial charge in [0.05, 0.1) is 18.2 Å². The molecule has 1 aliphatic heterocycles. The van der Waals surface area contributed by atoms with Gasteiger partial charge in [-0.2, -0.15) is 0 Å². The van der Waals surface area contributed by atoms with Gasteiger partial charge >= 0.3 is 5.97 Å². The number of phenolic OH excluding ortho intramolecular Hbond substituents is 1. The number of phenols is 1. The number of hydrogen-bond acceptors (Lipinski definition) is 7. The van der Waals surface area contributed by atoms with Gasteiger partial charge in [0.1, 0.15) is 28.3 Å². The van der Waals surface area contributed by atoms with Crippen molar-refractivity contribution < 1.29 is 24.1 Å². The Hall–Kier alpha value is -3.04. The zero-order chi connectivity index (χ0) is 19.8.